The topological polar surface area (TPSA) is 119 Å². The first-order valence-corrected chi connectivity index (χ1v) is 12.7. The van der Waals surface area contributed by atoms with Crippen molar-refractivity contribution < 1.29 is 22.3 Å². The van der Waals surface area contributed by atoms with E-state index in [1.54, 1.807) is 4.90 Å². The van der Waals surface area contributed by atoms with Crippen LogP contribution in [0.3, 0.4) is 0 Å². The molecule has 0 bridgehead atoms. The third-order valence-corrected chi connectivity index (χ3v) is 10.00. The Labute approximate surface area is 181 Å². The highest BCUT2D eigenvalue weighted by Crippen LogP contribution is 2.50. The normalized spacial score (nSPS) is 24.7. The van der Waals surface area contributed by atoms with Crippen molar-refractivity contribution in [3.63, 3.8) is 0 Å². The number of aromatic nitrogens is 3. The van der Waals surface area contributed by atoms with Crippen molar-refractivity contribution in [2.75, 3.05) is 18.8 Å². The maximum absolute atomic E-state index is 13.0. The van der Waals surface area contributed by atoms with Gasteiger partial charge in [0, 0.05) is 31.0 Å². The molecule has 3 aliphatic rings. The first-order valence-electron chi connectivity index (χ1n) is 11.1. The molecule has 1 atom stereocenters. The lowest BCUT2D eigenvalue weighted by molar-refractivity contribution is -0.136. The maximum Gasteiger partial charge on any atom is 0.231 e. The van der Waals surface area contributed by atoms with Gasteiger partial charge in [-0.3, -0.25) is 4.79 Å². The summed E-state index contributed by atoms with van der Waals surface area (Å²) in [7, 11) is -3.34. The average Bonchev–Trinajstić information content (AvgIpc) is 3.46. The molecule has 9 nitrogen and oxygen atoms in total. The van der Waals surface area contributed by atoms with Crippen molar-refractivity contribution in [2.45, 2.75) is 75.4 Å². The second-order valence-electron chi connectivity index (χ2n) is 9.25. The molecular weight excluding hydrogens is 420 g/mol. The zero-order valence-electron chi connectivity index (χ0n) is 18.0. The SMILES string of the molecule is Cc1noc(C)c1CCC(=O)N1CC2(C1)C(c1nc(C3CCCC3)no1)CCS2(=O)=O. The lowest BCUT2D eigenvalue weighted by Gasteiger charge is -2.49. The Balaban J connectivity index is 1.28. The van der Waals surface area contributed by atoms with E-state index in [1.165, 1.54) is 12.8 Å². The van der Waals surface area contributed by atoms with Gasteiger partial charge in [0.15, 0.2) is 15.7 Å². The van der Waals surface area contributed by atoms with Gasteiger partial charge in [0.1, 0.15) is 10.5 Å². The Bertz CT molecular complexity index is 1070. The molecule has 2 aliphatic heterocycles. The number of carbonyl (C=O) groups is 1. The summed E-state index contributed by atoms with van der Waals surface area (Å²) in [6.07, 6.45) is 5.75. The predicted molar refractivity (Wildman–Crippen MR) is 110 cm³/mol. The number of nitrogens with zero attached hydrogens (tertiary/aromatic N) is 4. The van der Waals surface area contributed by atoms with E-state index in [-0.39, 0.29) is 30.7 Å². The Morgan fingerprint density at radius 1 is 1.13 bits per heavy atom. The molecule has 31 heavy (non-hydrogen) atoms. The zero-order chi connectivity index (χ0) is 21.8. The quantitative estimate of drug-likeness (QED) is 0.684. The molecule has 1 unspecified atom stereocenters. The number of sulfone groups is 1. The van der Waals surface area contributed by atoms with Crippen LogP contribution in [0.4, 0.5) is 0 Å². The third kappa shape index (κ3) is 3.30. The molecule has 3 fully saturated rings. The fourth-order valence-corrected chi connectivity index (χ4v) is 7.80. The van der Waals surface area contributed by atoms with Gasteiger partial charge in [-0.2, -0.15) is 4.98 Å². The fourth-order valence-electron chi connectivity index (χ4n) is 5.49. The molecule has 1 amide bonds. The molecule has 1 saturated carbocycles. The standard InChI is InChI=1S/C21H28N4O5S/c1-13-16(14(2)29-23-13)7-8-18(26)25-11-21(12-25)17(9-10-31(21,27)28)20-22-19(24-30-20)15-5-3-4-6-15/h15,17H,3-12H2,1-2H3. The molecule has 1 aliphatic carbocycles. The maximum atomic E-state index is 13.0. The van der Waals surface area contributed by atoms with Gasteiger partial charge in [-0.15, -0.1) is 0 Å². The fraction of sp³-hybridized carbons (Fsp3) is 0.714. The van der Waals surface area contributed by atoms with E-state index in [2.05, 4.69) is 15.3 Å². The Morgan fingerprint density at radius 2 is 1.87 bits per heavy atom. The van der Waals surface area contributed by atoms with Crippen LogP contribution in [0.1, 0.15) is 79.1 Å². The van der Waals surface area contributed by atoms with Crippen LogP contribution in [0.25, 0.3) is 0 Å². The Kier molecular flexibility index (Phi) is 4.95. The Morgan fingerprint density at radius 3 is 2.55 bits per heavy atom. The number of carbonyl (C=O) groups excluding carboxylic acids is 1. The number of likely N-dealkylation sites (tertiary alicyclic amines) is 1. The van der Waals surface area contributed by atoms with E-state index in [0.717, 1.165) is 29.9 Å². The highest BCUT2D eigenvalue weighted by molar-refractivity contribution is 7.93. The number of amides is 1. The average molecular weight is 449 g/mol. The number of aryl methyl sites for hydroxylation is 2. The molecule has 2 saturated heterocycles. The van der Waals surface area contributed by atoms with Crippen LogP contribution in [-0.4, -0.2) is 58.1 Å². The van der Waals surface area contributed by atoms with Crippen molar-refractivity contribution in [2.24, 2.45) is 0 Å². The monoisotopic (exact) mass is 448 g/mol. The lowest BCUT2D eigenvalue weighted by atomic mass is 9.82. The van der Waals surface area contributed by atoms with Crippen LogP contribution in [0.5, 0.6) is 0 Å². The molecule has 0 aromatic carbocycles. The van der Waals surface area contributed by atoms with E-state index in [1.807, 2.05) is 13.8 Å². The van der Waals surface area contributed by atoms with Crippen molar-refractivity contribution in [3.05, 3.63) is 28.7 Å². The van der Waals surface area contributed by atoms with Crippen LogP contribution in [0.2, 0.25) is 0 Å². The molecular formula is C21H28N4O5S. The molecule has 4 heterocycles. The number of hydrogen-bond donors (Lipinski definition) is 0. The Hall–Kier alpha value is -2.23. The summed E-state index contributed by atoms with van der Waals surface area (Å²) in [5.41, 5.74) is 1.73. The summed E-state index contributed by atoms with van der Waals surface area (Å²) in [6, 6.07) is 0. The van der Waals surface area contributed by atoms with Crippen molar-refractivity contribution >= 4 is 15.7 Å². The summed E-state index contributed by atoms with van der Waals surface area (Å²) in [5, 5.41) is 8.09. The molecule has 5 rings (SSSR count). The minimum Gasteiger partial charge on any atom is -0.361 e. The molecule has 0 radical (unpaired) electrons. The molecule has 1 spiro atoms. The minimum atomic E-state index is -3.34. The smallest absolute Gasteiger partial charge is 0.231 e. The van der Waals surface area contributed by atoms with E-state index >= 15 is 0 Å². The molecule has 168 valence electrons. The van der Waals surface area contributed by atoms with Crippen LogP contribution in [0.15, 0.2) is 9.05 Å². The van der Waals surface area contributed by atoms with Crippen LogP contribution >= 0.6 is 0 Å². The van der Waals surface area contributed by atoms with E-state index in [9.17, 15) is 13.2 Å². The molecule has 0 N–H and O–H groups in total. The molecule has 2 aromatic heterocycles. The second kappa shape index (κ2) is 7.43. The van der Waals surface area contributed by atoms with Crippen molar-refractivity contribution in [1.29, 1.82) is 0 Å². The van der Waals surface area contributed by atoms with Gasteiger partial charge in [-0.05, 0) is 39.5 Å². The zero-order valence-corrected chi connectivity index (χ0v) is 18.8. The third-order valence-electron chi connectivity index (χ3n) is 7.45. The van der Waals surface area contributed by atoms with Crippen molar-refractivity contribution in [3.8, 4) is 0 Å². The van der Waals surface area contributed by atoms with Gasteiger partial charge in [0.25, 0.3) is 0 Å². The highest BCUT2D eigenvalue weighted by Gasteiger charge is 2.64. The summed E-state index contributed by atoms with van der Waals surface area (Å²) in [5.74, 6) is 1.87. The molecule has 2 aromatic rings. The van der Waals surface area contributed by atoms with E-state index in [4.69, 9.17) is 9.05 Å². The van der Waals surface area contributed by atoms with Gasteiger partial charge in [0.2, 0.25) is 11.8 Å². The second-order valence-corrected chi connectivity index (χ2v) is 11.7. The summed E-state index contributed by atoms with van der Waals surface area (Å²) < 4.78 is 35.7. The van der Waals surface area contributed by atoms with Gasteiger partial charge in [-0.1, -0.05) is 23.2 Å². The largest absolute Gasteiger partial charge is 0.361 e. The van der Waals surface area contributed by atoms with E-state index in [0.29, 0.717) is 36.9 Å². The first-order chi connectivity index (χ1) is 14.8. The van der Waals surface area contributed by atoms with Gasteiger partial charge in [-0.25, -0.2) is 8.42 Å². The first kappa shape index (κ1) is 20.7. The predicted octanol–water partition coefficient (Wildman–Crippen LogP) is 2.45. The van der Waals surface area contributed by atoms with Gasteiger partial charge < -0.3 is 13.9 Å². The van der Waals surface area contributed by atoms with Gasteiger partial charge in [0.05, 0.1) is 17.4 Å². The molecule has 10 heteroatoms. The number of hydrogen-bond acceptors (Lipinski definition) is 8. The van der Waals surface area contributed by atoms with Crippen LogP contribution in [0, 0.1) is 13.8 Å². The summed E-state index contributed by atoms with van der Waals surface area (Å²) >= 11 is 0. The summed E-state index contributed by atoms with van der Waals surface area (Å²) in [4.78, 5) is 19.0. The lowest BCUT2D eigenvalue weighted by Crippen LogP contribution is -2.67. The van der Waals surface area contributed by atoms with Crippen molar-refractivity contribution in [1.82, 2.24) is 20.2 Å². The van der Waals surface area contributed by atoms with Crippen LogP contribution < -0.4 is 0 Å². The van der Waals surface area contributed by atoms with Crippen LogP contribution in [-0.2, 0) is 21.1 Å². The highest BCUT2D eigenvalue weighted by atomic mass is 32.2. The van der Waals surface area contributed by atoms with Gasteiger partial charge >= 0.3 is 0 Å². The number of rotatable bonds is 5. The van der Waals surface area contributed by atoms with E-state index < -0.39 is 14.6 Å². The summed E-state index contributed by atoms with van der Waals surface area (Å²) in [6.45, 7) is 4.08. The minimum absolute atomic E-state index is 0.0522.